The van der Waals surface area contributed by atoms with E-state index in [-0.39, 0.29) is 36.8 Å². The van der Waals surface area contributed by atoms with Gasteiger partial charge in [-0.05, 0) is 42.8 Å². The number of hydrogen-bond donors (Lipinski definition) is 2. The molecular weight excluding hydrogens is 464 g/mol. The average Bonchev–Trinajstić information content (AvgIpc) is 2.76. The third kappa shape index (κ3) is 8.27. The number of unbranched alkanes of at least 4 members (excludes halogenated alkanes) is 2. The quantitative estimate of drug-likeness (QED) is 0.314. The van der Waals surface area contributed by atoms with Crippen molar-refractivity contribution in [2.75, 3.05) is 23.3 Å². The van der Waals surface area contributed by atoms with E-state index in [9.17, 15) is 35.9 Å². The van der Waals surface area contributed by atoms with E-state index in [0.717, 1.165) is 54.1 Å². The van der Waals surface area contributed by atoms with Crippen LogP contribution in [0.15, 0.2) is 48.5 Å². The van der Waals surface area contributed by atoms with Crippen molar-refractivity contribution >= 4 is 23.3 Å². The zero-order valence-electron chi connectivity index (χ0n) is 18.4. The van der Waals surface area contributed by atoms with Crippen molar-refractivity contribution in [3.63, 3.8) is 0 Å². The number of nitrogens with zero attached hydrogens (tertiary/aromatic N) is 1. The van der Waals surface area contributed by atoms with Gasteiger partial charge in [-0.15, -0.1) is 0 Å². The Kier molecular flexibility index (Phi) is 9.34. The molecule has 0 heterocycles. The van der Waals surface area contributed by atoms with Crippen molar-refractivity contribution in [1.29, 1.82) is 0 Å². The summed E-state index contributed by atoms with van der Waals surface area (Å²) < 4.78 is 78.4. The van der Waals surface area contributed by atoms with Crippen molar-refractivity contribution in [1.82, 2.24) is 5.32 Å². The molecule has 0 aromatic heterocycles. The van der Waals surface area contributed by atoms with Gasteiger partial charge in [0.1, 0.15) is 0 Å². The minimum atomic E-state index is -4.66. The Balaban J connectivity index is 2.21. The van der Waals surface area contributed by atoms with Gasteiger partial charge in [0.25, 0.3) is 0 Å². The minimum absolute atomic E-state index is 0.0583. The largest absolute Gasteiger partial charge is 0.416 e. The van der Waals surface area contributed by atoms with Crippen LogP contribution in [0, 0.1) is 0 Å². The van der Waals surface area contributed by atoms with Crippen LogP contribution in [-0.2, 0) is 17.1 Å². The first-order valence-electron chi connectivity index (χ1n) is 10.6. The Bertz CT molecular complexity index is 976. The van der Waals surface area contributed by atoms with Crippen molar-refractivity contribution < 1.29 is 35.9 Å². The fourth-order valence-electron chi connectivity index (χ4n) is 3.09. The van der Waals surface area contributed by atoms with Crippen LogP contribution < -0.4 is 15.5 Å². The molecule has 2 aromatic carbocycles. The summed E-state index contributed by atoms with van der Waals surface area (Å²) in [5, 5.41) is 4.89. The van der Waals surface area contributed by atoms with Crippen LogP contribution in [0.3, 0.4) is 0 Å². The van der Waals surface area contributed by atoms with E-state index in [1.165, 1.54) is 12.1 Å². The normalized spacial score (nSPS) is 11.7. The predicted octanol–water partition coefficient (Wildman–Crippen LogP) is 6.46. The van der Waals surface area contributed by atoms with Crippen molar-refractivity contribution in [3.8, 4) is 0 Å². The maximum atomic E-state index is 13.2. The lowest BCUT2D eigenvalue weighted by Gasteiger charge is -2.24. The third-order valence-corrected chi connectivity index (χ3v) is 4.84. The molecule has 0 radical (unpaired) electrons. The van der Waals surface area contributed by atoms with Crippen LogP contribution in [0.2, 0.25) is 0 Å². The number of alkyl halides is 6. The SMILES string of the molecule is CCCCCC(=O)NCCN(C(=O)Nc1cccc(C(F)(F)F)c1)c1cccc(C(F)(F)F)c1. The number of urea groups is 1. The fraction of sp³-hybridized carbons (Fsp3) is 0.391. The Morgan fingerprint density at radius 2 is 1.50 bits per heavy atom. The number of carbonyl (C=O) groups excluding carboxylic acids is 2. The van der Waals surface area contributed by atoms with Gasteiger partial charge in [0.15, 0.2) is 0 Å². The summed E-state index contributed by atoms with van der Waals surface area (Å²) in [6.07, 6.45) is -6.56. The molecule has 0 fully saturated rings. The van der Waals surface area contributed by atoms with Crippen LogP contribution in [0.1, 0.15) is 43.7 Å². The van der Waals surface area contributed by atoms with E-state index < -0.39 is 29.5 Å². The van der Waals surface area contributed by atoms with Crippen molar-refractivity contribution in [2.45, 2.75) is 45.0 Å². The Morgan fingerprint density at radius 3 is 2.12 bits per heavy atom. The summed E-state index contributed by atoms with van der Waals surface area (Å²) in [6, 6.07) is 6.91. The van der Waals surface area contributed by atoms with Gasteiger partial charge >= 0.3 is 18.4 Å². The maximum absolute atomic E-state index is 13.2. The second-order valence-electron chi connectivity index (χ2n) is 7.52. The Morgan fingerprint density at radius 1 is 0.882 bits per heavy atom. The monoisotopic (exact) mass is 489 g/mol. The highest BCUT2D eigenvalue weighted by Crippen LogP contribution is 2.33. The number of halogens is 6. The highest BCUT2D eigenvalue weighted by atomic mass is 19.4. The lowest BCUT2D eigenvalue weighted by molar-refractivity contribution is -0.138. The molecule has 186 valence electrons. The molecule has 0 aliphatic rings. The number of nitrogens with one attached hydrogen (secondary N) is 2. The van der Waals surface area contributed by atoms with Gasteiger partial charge in [0, 0.05) is 30.9 Å². The molecule has 2 N–H and O–H groups in total. The lowest BCUT2D eigenvalue weighted by atomic mass is 10.1. The molecule has 0 bridgehead atoms. The standard InChI is InChI=1S/C23H25F6N3O2/c1-2-3-4-11-20(33)30-12-13-32(19-10-6-8-17(15-19)23(27,28)29)21(34)31-18-9-5-7-16(14-18)22(24,25)26/h5-10,14-15H,2-4,11-13H2,1H3,(H,30,33)(H,31,34). The number of anilines is 2. The smallest absolute Gasteiger partial charge is 0.354 e. The predicted molar refractivity (Wildman–Crippen MR) is 116 cm³/mol. The Hall–Kier alpha value is -3.24. The highest BCUT2D eigenvalue weighted by Gasteiger charge is 2.32. The first kappa shape index (κ1) is 27.0. The molecule has 0 saturated heterocycles. The molecule has 2 rings (SSSR count). The number of rotatable bonds is 9. The van der Waals surface area contributed by atoms with Crippen LogP contribution in [0.5, 0.6) is 0 Å². The van der Waals surface area contributed by atoms with E-state index in [1.807, 2.05) is 6.92 Å². The van der Waals surface area contributed by atoms with E-state index >= 15 is 0 Å². The van der Waals surface area contributed by atoms with Gasteiger partial charge in [0.2, 0.25) is 5.91 Å². The summed E-state index contributed by atoms with van der Waals surface area (Å²) in [6.45, 7) is 1.72. The molecule has 0 saturated carbocycles. The highest BCUT2D eigenvalue weighted by molar-refractivity contribution is 6.01. The van der Waals surface area contributed by atoms with Crippen LogP contribution in [0.4, 0.5) is 42.5 Å². The van der Waals surface area contributed by atoms with E-state index in [1.54, 1.807) is 0 Å². The van der Waals surface area contributed by atoms with Gasteiger partial charge in [-0.2, -0.15) is 26.3 Å². The maximum Gasteiger partial charge on any atom is 0.416 e. The molecule has 5 nitrogen and oxygen atoms in total. The molecule has 0 aliphatic carbocycles. The van der Waals surface area contributed by atoms with Crippen LogP contribution >= 0.6 is 0 Å². The Labute approximate surface area is 193 Å². The molecule has 0 aliphatic heterocycles. The molecular formula is C23H25F6N3O2. The summed E-state index contributed by atoms with van der Waals surface area (Å²) in [5.74, 6) is -0.268. The first-order chi connectivity index (χ1) is 15.9. The van der Waals surface area contributed by atoms with Gasteiger partial charge < -0.3 is 10.6 Å². The van der Waals surface area contributed by atoms with Gasteiger partial charge in [-0.3, -0.25) is 9.69 Å². The second-order valence-corrected chi connectivity index (χ2v) is 7.52. The van der Waals surface area contributed by atoms with Crippen molar-refractivity contribution in [3.05, 3.63) is 59.7 Å². The lowest BCUT2D eigenvalue weighted by Crippen LogP contribution is -2.41. The number of amides is 3. The minimum Gasteiger partial charge on any atom is -0.354 e. The number of benzene rings is 2. The molecule has 2 aromatic rings. The number of hydrogen-bond acceptors (Lipinski definition) is 2. The summed E-state index contributed by atoms with van der Waals surface area (Å²) in [4.78, 5) is 25.7. The average molecular weight is 489 g/mol. The summed E-state index contributed by atoms with van der Waals surface area (Å²) >= 11 is 0. The molecule has 3 amide bonds. The van der Waals surface area contributed by atoms with Crippen molar-refractivity contribution in [2.24, 2.45) is 0 Å². The van der Waals surface area contributed by atoms with Gasteiger partial charge in [0.05, 0.1) is 11.1 Å². The molecule has 0 spiro atoms. The zero-order valence-corrected chi connectivity index (χ0v) is 18.4. The molecule has 0 atom stereocenters. The first-order valence-corrected chi connectivity index (χ1v) is 10.6. The molecule has 34 heavy (non-hydrogen) atoms. The summed E-state index contributed by atoms with van der Waals surface area (Å²) in [5.41, 5.74) is -2.29. The summed E-state index contributed by atoms with van der Waals surface area (Å²) in [7, 11) is 0. The van der Waals surface area contributed by atoms with Gasteiger partial charge in [-0.25, -0.2) is 4.79 Å². The topological polar surface area (TPSA) is 61.4 Å². The molecule has 11 heteroatoms. The number of carbonyl (C=O) groups is 2. The second kappa shape index (κ2) is 11.8. The fourth-order valence-corrected chi connectivity index (χ4v) is 3.09. The zero-order chi connectivity index (χ0) is 25.4. The van der Waals surface area contributed by atoms with E-state index in [2.05, 4.69) is 10.6 Å². The van der Waals surface area contributed by atoms with Crippen LogP contribution in [0.25, 0.3) is 0 Å². The third-order valence-electron chi connectivity index (χ3n) is 4.84. The van der Waals surface area contributed by atoms with Crippen LogP contribution in [-0.4, -0.2) is 25.0 Å². The van der Waals surface area contributed by atoms with E-state index in [0.29, 0.717) is 6.42 Å². The molecule has 0 unspecified atom stereocenters. The van der Waals surface area contributed by atoms with E-state index in [4.69, 9.17) is 0 Å². The van der Waals surface area contributed by atoms with Gasteiger partial charge in [-0.1, -0.05) is 31.9 Å².